The van der Waals surface area contributed by atoms with E-state index < -0.39 is 5.60 Å². The minimum atomic E-state index is -0.574. The molecule has 1 heterocycles. The predicted octanol–water partition coefficient (Wildman–Crippen LogP) is 1.34. The van der Waals surface area contributed by atoms with E-state index in [1.54, 1.807) is 4.68 Å². The zero-order chi connectivity index (χ0) is 11.9. The molecule has 1 saturated carbocycles. The van der Waals surface area contributed by atoms with E-state index >= 15 is 0 Å². The summed E-state index contributed by atoms with van der Waals surface area (Å²) < 4.78 is 1.75. The number of hydrogen-bond acceptors (Lipinski definition) is 4. The molecule has 0 radical (unpaired) electrons. The first-order valence-electron chi connectivity index (χ1n) is 5.82. The second-order valence-corrected chi connectivity index (χ2v) is 4.43. The highest BCUT2D eigenvalue weighted by Gasteiger charge is 2.41. The van der Waals surface area contributed by atoms with Gasteiger partial charge in [-0.25, -0.2) is 4.68 Å². The standard InChI is InChI=1S/C12H14N4O/c1-2-16-11(13-14-15-16)9-3-5-10(6-4-9)12(17)7-8-12/h3-6,17H,2,7-8H2,1H3. The Labute approximate surface area is 99.1 Å². The molecule has 88 valence electrons. The molecular weight excluding hydrogens is 216 g/mol. The number of hydrogen-bond donors (Lipinski definition) is 1. The zero-order valence-electron chi connectivity index (χ0n) is 9.67. The molecule has 5 heteroatoms. The molecule has 1 aliphatic carbocycles. The van der Waals surface area contributed by atoms with Gasteiger partial charge in [0.15, 0.2) is 5.82 Å². The minimum absolute atomic E-state index is 0.574. The molecule has 0 unspecified atom stereocenters. The quantitative estimate of drug-likeness (QED) is 0.864. The fourth-order valence-corrected chi connectivity index (χ4v) is 1.96. The van der Waals surface area contributed by atoms with E-state index in [-0.39, 0.29) is 0 Å². The lowest BCUT2D eigenvalue weighted by atomic mass is 10.1. The van der Waals surface area contributed by atoms with Gasteiger partial charge in [-0.2, -0.15) is 0 Å². The molecule has 2 aromatic rings. The van der Waals surface area contributed by atoms with Crippen molar-refractivity contribution in [3.8, 4) is 11.4 Å². The molecule has 1 aromatic carbocycles. The molecule has 0 atom stereocenters. The van der Waals surface area contributed by atoms with Crippen LogP contribution in [0.4, 0.5) is 0 Å². The first kappa shape index (κ1) is 10.4. The molecule has 1 fully saturated rings. The van der Waals surface area contributed by atoms with Gasteiger partial charge in [-0.05, 0) is 35.8 Å². The van der Waals surface area contributed by atoms with Gasteiger partial charge in [-0.1, -0.05) is 24.3 Å². The summed E-state index contributed by atoms with van der Waals surface area (Å²) >= 11 is 0. The van der Waals surface area contributed by atoms with Crippen LogP contribution in [0.2, 0.25) is 0 Å². The van der Waals surface area contributed by atoms with Crippen molar-refractivity contribution in [1.29, 1.82) is 0 Å². The van der Waals surface area contributed by atoms with E-state index in [0.717, 1.165) is 36.3 Å². The van der Waals surface area contributed by atoms with Crippen molar-refractivity contribution in [3.05, 3.63) is 29.8 Å². The number of aromatic nitrogens is 4. The lowest BCUT2D eigenvalue weighted by Crippen LogP contribution is -2.04. The largest absolute Gasteiger partial charge is 0.385 e. The Morgan fingerprint density at radius 2 is 2.00 bits per heavy atom. The third-order valence-corrected chi connectivity index (χ3v) is 3.24. The van der Waals surface area contributed by atoms with Crippen molar-refractivity contribution in [2.45, 2.75) is 31.9 Å². The van der Waals surface area contributed by atoms with Crippen LogP contribution in [0.3, 0.4) is 0 Å². The lowest BCUT2D eigenvalue weighted by Gasteiger charge is -2.08. The molecule has 0 aliphatic heterocycles. The third kappa shape index (κ3) is 1.72. The van der Waals surface area contributed by atoms with Crippen molar-refractivity contribution in [3.63, 3.8) is 0 Å². The Morgan fingerprint density at radius 1 is 1.29 bits per heavy atom. The van der Waals surface area contributed by atoms with Crippen LogP contribution >= 0.6 is 0 Å². The highest BCUT2D eigenvalue weighted by atomic mass is 16.3. The minimum Gasteiger partial charge on any atom is -0.385 e. The first-order chi connectivity index (χ1) is 8.23. The van der Waals surface area contributed by atoms with Gasteiger partial charge in [-0.3, -0.25) is 0 Å². The van der Waals surface area contributed by atoms with Crippen LogP contribution in [-0.2, 0) is 12.1 Å². The summed E-state index contributed by atoms with van der Waals surface area (Å²) in [6.07, 6.45) is 1.72. The van der Waals surface area contributed by atoms with Crippen LogP contribution < -0.4 is 0 Å². The Morgan fingerprint density at radius 3 is 2.59 bits per heavy atom. The topological polar surface area (TPSA) is 63.8 Å². The molecular formula is C12H14N4O. The van der Waals surface area contributed by atoms with Gasteiger partial charge in [0.05, 0.1) is 5.60 Å². The summed E-state index contributed by atoms with van der Waals surface area (Å²) in [5.41, 5.74) is 1.39. The maximum atomic E-state index is 9.98. The molecule has 1 aliphatic rings. The van der Waals surface area contributed by atoms with E-state index in [1.807, 2.05) is 31.2 Å². The van der Waals surface area contributed by atoms with Crippen LogP contribution in [0.1, 0.15) is 25.3 Å². The van der Waals surface area contributed by atoms with Crippen molar-refractivity contribution in [2.24, 2.45) is 0 Å². The van der Waals surface area contributed by atoms with Crippen molar-refractivity contribution < 1.29 is 5.11 Å². The van der Waals surface area contributed by atoms with E-state index in [0.29, 0.717) is 0 Å². The van der Waals surface area contributed by atoms with Gasteiger partial charge in [0.1, 0.15) is 0 Å². The molecule has 0 saturated heterocycles. The molecule has 5 nitrogen and oxygen atoms in total. The van der Waals surface area contributed by atoms with E-state index in [9.17, 15) is 5.11 Å². The summed E-state index contributed by atoms with van der Waals surface area (Å²) in [5, 5.41) is 21.5. The fourth-order valence-electron chi connectivity index (χ4n) is 1.96. The highest BCUT2D eigenvalue weighted by molar-refractivity contribution is 5.55. The van der Waals surface area contributed by atoms with Crippen LogP contribution in [0, 0.1) is 0 Å². The summed E-state index contributed by atoms with van der Waals surface area (Å²) in [5.74, 6) is 0.766. The maximum Gasteiger partial charge on any atom is 0.181 e. The number of nitrogens with zero attached hydrogens (tertiary/aromatic N) is 4. The Balaban J connectivity index is 1.94. The van der Waals surface area contributed by atoms with Gasteiger partial charge in [0.2, 0.25) is 0 Å². The monoisotopic (exact) mass is 230 g/mol. The van der Waals surface area contributed by atoms with Crippen LogP contribution in [-0.4, -0.2) is 25.3 Å². The Hall–Kier alpha value is -1.75. The van der Waals surface area contributed by atoms with Crippen molar-refractivity contribution in [2.75, 3.05) is 0 Å². The molecule has 0 spiro atoms. The summed E-state index contributed by atoms with van der Waals surface area (Å²) in [6.45, 7) is 2.75. The fraction of sp³-hybridized carbons (Fsp3) is 0.417. The third-order valence-electron chi connectivity index (χ3n) is 3.24. The molecule has 0 amide bonds. The van der Waals surface area contributed by atoms with E-state index in [2.05, 4.69) is 15.5 Å². The van der Waals surface area contributed by atoms with Crippen LogP contribution in [0.5, 0.6) is 0 Å². The Kier molecular flexibility index (Phi) is 2.22. The van der Waals surface area contributed by atoms with Crippen LogP contribution in [0.15, 0.2) is 24.3 Å². The zero-order valence-corrected chi connectivity index (χ0v) is 9.67. The molecule has 0 bridgehead atoms. The average Bonchev–Trinajstić information content (AvgIpc) is 2.95. The van der Waals surface area contributed by atoms with Gasteiger partial charge < -0.3 is 5.11 Å². The smallest absolute Gasteiger partial charge is 0.181 e. The van der Waals surface area contributed by atoms with Gasteiger partial charge >= 0.3 is 0 Å². The molecule has 17 heavy (non-hydrogen) atoms. The average molecular weight is 230 g/mol. The maximum absolute atomic E-state index is 9.98. The van der Waals surface area contributed by atoms with Crippen molar-refractivity contribution in [1.82, 2.24) is 20.2 Å². The van der Waals surface area contributed by atoms with E-state index in [4.69, 9.17) is 0 Å². The second-order valence-electron chi connectivity index (χ2n) is 4.43. The van der Waals surface area contributed by atoms with Crippen LogP contribution in [0.25, 0.3) is 11.4 Å². The number of aryl methyl sites for hydroxylation is 1. The Bertz CT molecular complexity index is 528. The van der Waals surface area contributed by atoms with Gasteiger partial charge in [-0.15, -0.1) is 5.10 Å². The van der Waals surface area contributed by atoms with Crippen molar-refractivity contribution >= 4 is 0 Å². The highest BCUT2D eigenvalue weighted by Crippen LogP contribution is 2.45. The normalized spacial score (nSPS) is 17.1. The summed E-state index contributed by atoms with van der Waals surface area (Å²) in [4.78, 5) is 0. The summed E-state index contributed by atoms with van der Waals surface area (Å²) in [6, 6.07) is 7.83. The summed E-state index contributed by atoms with van der Waals surface area (Å²) in [7, 11) is 0. The lowest BCUT2D eigenvalue weighted by molar-refractivity contribution is 0.151. The first-order valence-corrected chi connectivity index (χ1v) is 5.82. The number of tetrazole rings is 1. The van der Waals surface area contributed by atoms with Gasteiger partial charge in [0.25, 0.3) is 0 Å². The van der Waals surface area contributed by atoms with Gasteiger partial charge in [0, 0.05) is 12.1 Å². The number of aliphatic hydroxyl groups is 1. The number of rotatable bonds is 3. The molecule has 1 aromatic heterocycles. The predicted molar refractivity (Wildman–Crippen MR) is 62.1 cm³/mol. The molecule has 1 N–H and O–H groups in total. The SMILES string of the molecule is CCn1nnnc1-c1ccc(C2(O)CC2)cc1. The van der Waals surface area contributed by atoms with E-state index in [1.165, 1.54) is 0 Å². The molecule has 3 rings (SSSR count). The second kappa shape index (κ2) is 3.63. The number of benzene rings is 1.